The summed E-state index contributed by atoms with van der Waals surface area (Å²) >= 11 is 6.11. The molecule has 0 atom stereocenters. The average Bonchev–Trinajstić information content (AvgIpc) is 2.53. The van der Waals surface area contributed by atoms with Crippen molar-refractivity contribution in [2.45, 2.75) is 0 Å². The van der Waals surface area contributed by atoms with Crippen molar-refractivity contribution in [3.63, 3.8) is 0 Å². The molecule has 22 heavy (non-hydrogen) atoms. The minimum atomic E-state index is -0.474. The number of hydrogen-bond acceptors (Lipinski definition) is 4. The zero-order chi connectivity index (χ0) is 15.9. The Labute approximate surface area is 131 Å². The van der Waals surface area contributed by atoms with E-state index in [1.807, 2.05) is 0 Å². The van der Waals surface area contributed by atoms with Gasteiger partial charge in [-0.05, 0) is 29.8 Å². The van der Waals surface area contributed by atoms with E-state index in [0.29, 0.717) is 11.3 Å². The van der Waals surface area contributed by atoms with Crippen molar-refractivity contribution in [3.05, 3.63) is 64.2 Å². The number of fused-ring (bicyclic) bond motifs is 1. The van der Waals surface area contributed by atoms with Crippen LogP contribution in [0.1, 0.15) is 26.3 Å². The highest BCUT2D eigenvalue weighted by atomic mass is 35.5. The zero-order valence-corrected chi connectivity index (χ0v) is 12.3. The first kappa shape index (κ1) is 14.4. The fraction of sp³-hybridized carbons (Fsp3) is 0.0588. The van der Waals surface area contributed by atoms with Gasteiger partial charge in [0.05, 0.1) is 18.2 Å². The monoisotopic (exact) mass is 314 g/mol. The van der Waals surface area contributed by atoms with E-state index in [0.717, 1.165) is 0 Å². The van der Waals surface area contributed by atoms with Gasteiger partial charge in [0, 0.05) is 5.56 Å². The highest BCUT2D eigenvalue weighted by Crippen LogP contribution is 2.38. The number of allylic oxidation sites excluding steroid dienone is 2. The summed E-state index contributed by atoms with van der Waals surface area (Å²) in [7, 11) is 1.53. The van der Waals surface area contributed by atoms with Gasteiger partial charge in [0.15, 0.2) is 5.78 Å². The van der Waals surface area contributed by atoms with E-state index in [1.54, 1.807) is 24.3 Å². The lowest BCUT2D eigenvalue weighted by Crippen LogP contribution is -2.19. The summed E-state index contributed by atoms with van der Waals surface area (Å²) < 4.78 is 5.07. The van der Waals surface area contributed by atoms with Crippen molar-refractivity contribution in [2.24, 2.45) is 0 Å². The van der Waals surface area contributed by atoms with Crippen LogP contribution in [-0.2, 0) is 0 Å². The number of Topliss-reactive ketones (excluding diaryl/α,β-unsaturated/α-hetero) is 2. The molecular weight excluding hydrogens is 304 g/mol. The Hall–Kier alpha value is -2.59. The average molecular weight is 315 g/mol. The number of hydrogen-bond donors (Lipinski definition) is 1. The van der Waals surface area contributed by atoms with Crippen LogP contribution in [0.3, 0.4) is 0 Å². The molecule has 1 N–H and O–H groups in total. The fourth-order valence-corrected chi connectivity index (χ4v) is 2.74. The highest BCUT2D eigenvalue weighted by molar-refractivity contribution is 6.57. The summed E-state index contributed by atoms with van der Waals surface area (Å²) in [5.74, 6) is -0.551. The molecule has 0 amide bonds. The Kier molecular flexibility index (Phi) is 3.47. The second-order valence-corrected chi connectivity index (χ2v) is 5.15. The van der Waals surface area contributed by atoms with Gasteiger partial charge in [-0.1, -0.05) is 29.8 Å². The largest absolute Gasteiger partial charge is 0.507 e. The van der Waals surface area contributed by atoms with Gasteiger partial charge in [0.1, 0.15) is 16.5 Å². The molecule has 0 radical (unpaired) electrons. The Morgan fingerprint density at radius 2 is 1.68 bits per heavy atom. The van der Waals surface area contributed by atoms with Crippen molar-refractivity contribution in [2.75, 3.05) is 7.11 Å². The van der Waals surface area contributed by atoms with Crippen LogP contribution in [0.25, 0.3) is 5.57 Å². The summed E-state index contributed by atoms with van der Waals surface area (Å²) in [6.07, 6.45) is 0. The second kappa shape index (κ2) is 5.31. The lowest BCUT2D eigenvalue weighted by Gasteiger charge is -2.18. The van der Waals surface area contributed by atoms with Crippen molar-refractivity contribution in [3.8, 4) is 11.5 Å². The first-order chi connectivity index (χ1) is 10.5. The number of rotatable bonds is 2. The molecule has 1 aliphatic rings. The molecule has 0 saturated carbocycles. The molecule has 0 unspecified atom stereocenters. The number of phenolic OH excluding ortho intramolecular Hbond substituents is 1. The smallest absolute Gasteiger partial charge is 0.206 e. The number of aromatic hydroxyl groups is 1. The fourth-order valence-electron chi connectivity index (χ4n) is 2.44. The third-order valence-corrected chi connectivity index (χ3v) is 3.90. The van der Waals surface area contributed by atoms with E-state index in [9.17, 15) is 14.7 Å². The van der Waals surface area contributed by atoms with Crippen molar-refractivity contribution in [1.29, 1.82) is 0 Å². The summed E-state index contributed by atoms with van der Waals surface area (Å²) in [5.41, 5.74) is 0.691. The van der Waals surface area contributed by atoms with Crippen LogP contribution in [0.5, 0.6) is 11.5 Å². The molecule has 0 aliphatic heterocycles. The van der Waals surface area contributed by atoms with Gasteiger partial charge in [-0.2, -0.15) is 0 Å². The molecule has 0 bridgehead atoms. The van der Waals surface area contributed by atoms with Crippen LogP contribution in [0.15, 0.2) is 47.5 Å². The van der Waals surface area contributed by atoms with Gasteiger partial charge in [0.2, 0.25) is 5.78 Å². The molecule has 5 heteroatoms. The summed E-state index contributed by atoms with van der Waals surface area (Å²) in [6, 6.07) is 11.0. The minimum Gasteiger partial charge on any atom is -0.507 e. The molecule has 110 valence electrons. The summed E-state index contributed by atoms with van der Waals surface area (Å²) in [4.78, 5) is 25.0. The molecule has 0 heterocycles. The van der Waals surface area contributed by atoms with Crippen LogP contribution in [0.2, 0.25) is 0 Å². The SMILES string of the molecule is COc1ccc(C2=C(Cl)C(=O)c3cccc(O)c3C2=O)cc1. The number of benzene rings is 2. The quantitative estimate of drug-likeness (QED) is 0.922. The number of halogens is 1. The van der Waals surface area contributed by atoms with Crippen LogP contribution in [-0.4, -0.2) is 23.8 Å². The standard InChI is InChI=1S/C17H11ClO4/c1-22-10-7-5-9(6-8-10)13-15(18)16(20)11-3-2-4-12(19)14(11)17(13)21/h2-8,19H,1H3. The Morgan fingerprint density at radius 3 is 2.32 bits per heavy atom. The topological polar surface area (TPSA) is 63.6 Å². The first-order valence-corrected chi connectivity index (χ1v) is 6.88. The van der Waals surface area contributed by atoms with Gasteiger partial charge in [-0.15, -0.1) is 0 Å². The van der Waals surface area contributed by atoms with E-state index in [2.05, 4.69) is 0 Å². The molecule has 2 aromatic carbocycles. The number of phenols is 1. The lowest BCUT2D eigenvalue weighted by atomic mass is 9.85. The molecule has 0 spiro atoms. The summed E-state index contributed by atoms with van der Waals surface area (Å²) in [5, 5.41) is 9.77. The first-order valence-electron chi connectivity index (χ1n) is 6.50. The molecule has 0 fully saturated rings. The molecular formula is C17H11ClO4. The van der Waals surface area contributed by atoms with Crippen LogP contribution in [0, 0.1) is 0 Å². The molecule has 0 aromatic heterocycles. The molecule has 0 saturated heterocycles. The predicted molar refractivity (Wildman–Crippen MR) is 82.5 cm³/mol. The van der Waals surface area contributed by atoms with Crippen molar-refractivity contribution in [1.82, 2.24) is 0 Å². The van der Waals surface area contributed by atoms with Gasteiger partial charge < -0.3 is 9.84 Å². The molecule has 2 aromatic rings. The van der Waals surface area contributed by atoms with Crippen molar-refractivity contribution >= 4 is 28.7 Å². The highest BCUT2D eigenvalue weighted by Gasteiger charge is 2.34. The Bertz CT molecular complexity index is 819. The third-order valence-electron chi connectivity index (χ3n) is 3.54. The third kappa shape index (κ3) is 2.09. The normalized spacial score (nSPS) is 14.1. The van der Waals surface area contributed by atoms with Crippen molar-refractivity contribution < 1.29 is 19.4 Å². The maximum atomic E-state index is 12.7. The maximum Gasteiger partial charge on any atom is 0.206 e. The lowest BCUT2D eigenvalue weighted by molar-refractivity contribution is 0.0995. The van der Waals surface area contributed by atoms with E-state index >= 15 is 0 Å². The summed E-state index contributed by atoms with van der Waals surface area (Å²) in [6.45, 7) is 0. The number of carbonyl (C=O) groups is 2. The number of carbonyl (C=O) groups excluding carboxylic acids is 2. The molecule has 3 rings (SSSR count). The zero-order valence-electron chi connectivity index (χ0n) is 11.6. The van der Waals surface area contributed by atoms with Gasteiger partial charge in [0.25, 0.3) is 0 Å². The van der Waals surface area contributed by atoms with E-state index in [4.69, 9.17) is 16.3 Å². The van der Waals surface area contributed by atoms with Gasteiger partial charge >= 0.3 is 0 Å². The van der Waals surface area contributed by atoms with Crippen LogP contribution in [0.4, 0.5) is 0 Å². The molecule has 4 nitrogen and oxygen atoms in total. The Balaban J connectivity index is 2.19. The van der Waals surface area contributed by atoms with E-state index in [-0.39, 0.29) is 27.5 Å². The van der Waals surface area contributed by atoms with Crippen LogP contribution < -0.4 is 4.74 Å². The number of ether oxygens (including phenoxy) is 1. The predicted octanol–water partition coefficient (Wildman–Crippen LogP) is 3.43. The Morgan fingerprint density at radius 1 is 1.00 bits per heavy atom. The minimum absolute atomic E-state index is 0.0114. The van der Waals surface area contributed by atoms with Gasteiger partial charge in [-0.25, -0.2) is 0 Å². The second-order valence-electron chi connectivity index (χ2n) is 4.78. The molecule has 1 aliphatic carbocycles. The van der Waals surface area contributed by atoms with Crippen LogP contribution >= 0.6 is 11.6 Å². The van der Waals surface area contributed by atoms with E-state index < -0.39 is 11.6 Å². The number of ketones is 2. The maximum absolute atomic E-state index is 12.7. The van der Waals surface area contributed by atoms with Gasteiger partial charge in [-0.3, -0.25) is 9.59 Å². The van der Waals surface area contributed by atoms with E-state index in [1.165, 1.54) is 25.3 Å². The number of methoxy groups -OCH3 is 1.